The molecule has 13 heteroatoms. The smallest absolute Gasteiger partial charge is 0.476 e. The number of fused-ring (bicyclic) bond motifs is 1. The third-order valence-electron chi connectivity index (χ3n) is 6.51. The van der Waals surface area contributed by atoms with Crippen LogP contribution in [-0.2, 0) is 18.4 Å². The standard InChI is InChI=1S/C21H23F3N4O2.C5H6N2O2/c22-21(23,24)30-15-5-3-4-14(8-15)9-25-10-16-17-11-28(12-18(16)17)13-20(29)27-19-6-1-2-7-26-19;1-7-2-4(5(8)9)6-3-7/h1-8,16-18,25H,9-13H2,(H,26,27,29);2-3H,1H3,(H,8,9). The molecule has 0 radical (unpaired) electrons. The molecule has 1 saturated carbocycles. The number of hydrogen-bond donors (Lipinski definition) is 3. The fourth-order valence-electron chi connectivity index (χ4n) is 4.75. The van der Waals surface area contributed by atoms with Gasteiger partial charge in [-0.3, -0.25) is 9.69 Å². The first-order chi connectivity index (χ1) is 18.6. The van der Waals surface area contributed by atoms with E-state index < -0.39 is 12.3 Å². The molecule has 5 rings (SSSR count). The van der Waals surface area contributed by atoms with Crippen molar-refractivity contribution < 1.29 is 32.6 Å². The molecular weight excluding hydrogens is 517 g/mol. The third-order valence-corrected chi connectivity index (χ3v) is 6.51. The zero-order valence-corrected chi connectivity index (χ0v) is 21.1. The maximum atomic E-state index is 12.3. The van der Waals surface area contributed by atoms with Gasteiger partial charge in [0.2, 0.25) is 5.91 Å². The lowest BCUT2D eigenvalue weighted by atomic mass is 10.2. The molecule has 3 aromatic rings. The summed E-state index contributed by atoms with van der Waals surface area (Å²) < 4.78 is 42.5. The number of amides is 1. The number of piperidine rings is 1. The molecule has 2 aliphatic rings. The van der Waals surface area contributed by atoms with Crippen LogP contribution in [-0.4, -0.2) is 69.0 Å². The van der Waals surface area contributed by atoms with E-state index in [0.717, 1.165) is 25.2 Å². The number of nitrogens with zero attached hydrogens (tertiary/aromatic N) is 4. The van der Waals surface area contributed by atoms with Crippen molar-refractivity contribution in [3.8, 4) is 5.75 Å². The first kappa shape index (κ1) is 28.0. The van der Waals surface area contributed by atoms with E-state index >= 15 is 0 Å². The Bertz CT molecular complexity index is 1260. The molecule has 1 saturated heterocycles. The number of nitrogens with one attached hydrogen (secondary N) is 2. The largest absolute Gasteiger partial charge is 0.573 e. The molecule has 208 valence electrons. The number of imidazole rings is 1. The summed E-state index contributed by atoms with van der Waals surface area (Å²) in [4.78, 5) is 32.1. The number of benzene rings is 1. The van der Waals surface area contributed by atoms with E-state index in [9.17, 15) is 22.8 Å². The SMILES string of the molecule is Cn1cnc(C(=O)O)c1.O=C(CN1CC2C(CNCc3cccc(OC(F)(F)F)c3)C2C1)Nc1ccccn1. The van der Waals surface area contributed by atoms with Gasteiger partial charge in [-0.1, -0.05) is 18.2 Å². The molecule has 1 amide bonds. The van der Waals surface area contributed by atoms with Gasteiger partial charge in [0.25, 0.3) is 0 Å². The number of hydrogen-bond acceptors (Lipinski definition) is 7. The monoisotopic (exact) mass is 546 g/mol. The van der Waals surface area contributed by atoms with Crippen LogP contribution in [0.5, 0.6) is 5.75 Å². The molecule has 2 aromatic heterocycles. The minimum Gasteiger partial charge on any atom is -0.476 e. The number of rotatable bonds is 9. The van der Waals surface area contributed by atoms with Gasteiger partial charge in [-0.25, -0.2) is 14.8 Å². The van der Waals surface area contributed by atoms with Crippen LogP contribution in [0.1, 0.15) is 16.1 Å². The van der Waals surface area contributed by atoms with E-state index in [1.807, 2.05) is 6.07 Å². The van der Waals surface area contributed by atoms with E-state index in [2.05, 4.69) is 30.2 Å². The van der Waals surface area contributed by atoms with Gasteiger partial charge in [0.15, 0.2) is 5.69 Å². The number of anilines is 1. The maximum absolute atomic E-state index is 12.3. The van der Waals surface area contributed by atoms with E-state index in [4.69, 9.17) is 5.11 Å². The summed E-state index contributed by atoms with van der Waals surface area (Å²) in [6, 6.07) is 11.4. The van der Waals surface area contributed by atoms with Crippen LogP contribution in [0, 0.1) is 17.8 Å². The molecular formula is C26H29F3N6O4. The molecule has 0 spiro atoms. The van der Waals surface area contributed by atoms with Crippen LogP contribution in [0.3, 0.4) is 0 Å². The molecule has 10 nitrogen and oxygen atoms in total. The van der Waals surface area contributed by atoms with Crippen molar-refractivity contribution >= 4 is 17.7 Å². The van der Waals surface area contributed by atoms with Gasteiger partial charge >= 0.3 is 12.3 Å². The van der Waals surface area contributed by atoms with Gasteiger partial charge in [-0.15, -0.1) is 13.2 Å². The van der Waals surface area contributed by atoms with Crippen LogP contribution in [0.4, 0.5) is 19.0 Å². The Labute approximate surface area is 222 Å². The number of carboxylic acids is 1. The minimum atomic E-state index is -4.68. The van der Waals surface area contributed by atoms with Crippen LogP contribution in [0.15, 0.2) is 61.2 Å². The second-order valence-corrected chi connectivity index (χ2v) is 9.50. The molecule has 2 unspecified atom stereocenters. The quantitative estimate of drug-likeness (QED) is 0.375. The number of halogens is 3. The van der Waals surface area contributed by atoms with Gasteiger partial charge in [-0.2, -0.15) is 0 Å². The third kappa shape index (κ3) is 8.52. The minimum absolute atomic E-state index is 0.0642. The Balaban J connectivity index is 0.000000333. The summed E-state index contributed by atoms with van der Waals surface area (Å²) in [7, 11) is 1.72. The molecule has 3 heterocycles. The van der Waals surface area contributed by atoms with Crippen molar-refractivity contribution in [3.05, 3.63) is 72.4 Å². The topological polar surface area (TPSA) is 122 Å². The van der Waals surface area contributed by atoms with E-state index in [0.29, 0.717) is 36.7 Å². The van der Waals surface area contributed by atoms with E-state index in [1.54, 1.807) is 42.1 Å². The van der Waals surface area contributed by atoms with Crippen molar-refractivity contribution in [2.75, 3.05) is 31.5 Å². The summed E-state index contributed by atoms with van der Waals surface area (Å²) >= 11 is 0. The number of aromatic carboxylic acids is 1. The van der Waals surface area contributed by atoms with Gasteiger partial charge in [-0.05, 0) is 54.1 Å². The van der Waals surface area contributed by atoms with E-state index in [-0.39, 0.29) is 17.4 Å². The molecule has 39 heavy (non-hydrogen) atoms. The summed E-state index contributed by atoms with van der Waals surface area (Å²) in [6.07, 6.45) is -0.151. The highest BCUT2D eigenvalue weighted by atomic mass is 19.4. The first-order valence-electron chi connectivity index (χ1n) is 12.3. The Kier molecular flexibility index (Phi) is 8.82. The molecule has 3 N–H and O–H groups in total. The average Bonchev–Trinajstić information content (AvgIpc) is 3.18. The first-order valence-corrected chi connectivity index (χ1v) is 12.3. The zero-order valence-electron chi connectivity index (χ0n) is 21.1. The number of carbonyl (C=O) groups excluding carboxylic acids is 1. The van der Waals surface area contributed by atoms with Crippen LogP contribution in [0.2, 0.25) is 0 Å². The molecule has 2 atom stereocenters. The van der Waals surface area contributed by atoms with Gasteiger partial charge in [0.1, 0.15) is 11.6 Å². The maximum Gasteiger partial charge on any atom is 0.573 e. The van der Waals surface area contributed by atoms with Crippen molar-refractivity contribution in [1.29, 1.82) is 0 Å². The second-order valence-electron chi connectivity index (χ2n) is 9.50. The molecule has 1 aromatic carbocycles. The molecule has 1 aliphatic carbocycles. The summed E-state index contributed by atoms with van der Waals surface area (Å²) in [5.74, 6) is 0.986. The number of aryl methyl sites for hydroxylation is 1. The Morgan fingerprint density at radius 2 is 1.90 bits per heavy atom. The second kappa shape index (κ2) is 12.3. The van der Waals surface area contributed by atoms with Gasteiger partial charge in [0, 0.05) is 39.1 Å². The van der Waals surface area contributed by atoms with Crippen molar-refractivity contribution in [1.82, 2.24) is 24.8 Å². The highest BCUT2D eigenvalue weighted by Crippen LogP contribution is 2.51. The van der Waals surface area contributed by atoms with Crippen LogP contribution in [0.25, 0.3) is 0 Å². The summed E-state index contributed by atoms with van der Waals surface area (Å²) in [5, 5.41) is 14.4. The fourth-order valence-corrected chi connectivity index (χ4v) is 4.75. The van der Waals surface area contributed by atoms with E-state index in [1.165, 1.54) is 24.7 Å². The lowest BCUT2D eigenvalue weighted by Gasteiger charge is -2.19. The fraction of sp³-hybridized carbons (Fsp3) is 0.385. The van der Waals surface area contributed by atoms with Crippen LogP contribution < -0.4 is 15.4 Å². The predicted molar refractivity (Wildman–Crippen MR) is 135 cm³/mol. The number of likely N-dealkylation sites (tertiary alicyclic amines) is 1. The summed E-state index contributed by atoms with van der Waals surface area (Å²) in [5.41, 5.74) is 0.827. The Morgan fingerprint density at radius 1 is 1.13 bits per heavy atom. The molecule has 2 fully saturated rings. The van der Waals surface area contributed by atoms with Gasteiger partial charge < -0.3 is 25.0 Å². The average molecular weight is 547 g/mol. The number of carboxylic acid groups (broad SMARTS) is 1. The molecule has 0 bridgehead atoms. The lowest BCUT2D eigenvalue weighted by Crippen LogP contribution is -2.34. The number of pyridine rings is 1. The van der Waals surface area contributed by atoms with Crippen molar-refractivity contribution in [2.45, 2.75) is 12.9 Å². The summed E-state index contributed by atoms with van der Waals surface area (Å²) in [6.45, 7) is 3.44. The van der Waals surface area contributed by atoms with Crippen LogP contribution >= 0.6 is 0 Å². The van der Waals surface area contributed by atoms with Gasteiger partial charge in [0.05, 0.1) is 12.9 Å². The van der Waals surface area contributed by atoms with Crippen molar-refractivity contribution in [2.24, 2.45) is 24.8 Å². The highest BCUT2D eigenvalue weighted by molar-refractivity contribution is 5.91. The Morgan fingerprint density at radius 3 is 2.49 bits per heavy atom. The number of alkyl halides is 3. The zero-order chi connectivity index (χ0) is 28.0. The number of aromatic nitrogens is 3. The van der Waals surface area contributed by atoms with Crippen molar-refractivity contribution in [3.63, 3.8) is 0 Å². The lowest BCUT2D eigenvalue weighted by molar-refractivity contribution is -0.274. The normalized spacial score (nSPS) is 19.9. The Hall–Kier alpha value is -3.97. The molecule has 1 aliphatic heterocycles. The number of ether oxygens (including phenoxy) is 1. The predicted octanol–water partition coefficient (Wildman–Crippen LogP) is 3.00. The highest BCUT2D eigenvalue weighted by Gasteiger charge is 2.54. The number of carbonyl (C=O) groups is 2.